The number of benzene rings is 1. The molecule has 0 aliphatic rings. The first-order valence-corrected chi connectivity index (χ1v) is 7.04. The number of nitrogens with zero attached hydrogens (tertiary/aromatic N) is 1. The van der Waals surface area contributed by atoms with E-state index in [1.807, 2.05) is 6.92 Å². The third-order valence-corrected chi connectivity index (χ3v) is 3.80. The number of alkyl halides is 3. The molecule has 1 aromatic carbocycles. The van der Waals surface area contributed by atoms with Crippen LogP contribution in [0.15, 0.2) is 36.5 Å². The molecule has 1 aromatic heterocycles. The summed E-state index contributed by atoms with van der Waals surface area (Å²) in [5.41, 5.74) is -0.638. The van der Waals surface area contributed by atoms with Crippen molar-refractivity contribution in [2.75, 3.05) is 0 Å². The van der Waals surface area contributed by atoms with Crippen molar-refractivity contribution in [3.63, 3.8) is 0 Å². The van der Waals surface area contributed by atoms with E-state index in [0.29, 0.717) is 24.6 Å². The van der Waals surface area contributed by atoms with Gasteiger partial charge in [-0.3, -0.25) is 9.78 Å². The van der Waals surface area contributed by atoms with Gasteiger partial charge in [0.05, 0.1) is 5.69 Å². The van der Waals surface area contributed by atoms with E-state index in [4.69, 9.17) is 0 Å². The molecule has 0 aliphatic heterocycles. The summed E-state index contributed by atoms with van der Waals surface area (Å²) < 4.78 is 38.5. The topological polar surface area (TPSA) is 50.2 Å². The molecule has 2 aromatic rings. The van der Waals surface area contributed by atoms with E-state index in [1.54, 1.807) is 18.2 Å². The summed E-state index contributed by atoms with van der Waals surface area (Å²) in [5, 5.41) is 9.65. The van der Waals surface area contributed by atoms with Crippen LogP contribution in [0.25, 0.3) is 11.3 Å². The number of aldehydes is 1. The van der Waals surface area contributed by atoms with E-state index in [9.17, 15) is 23.1 Å². The molecule has 1 unspecified atom stereocenters. The zero-order valence-corrected chi connectivity index (χ0v) is 12.7. The Morgan fingerprint density at radius 1 is 1.22 bits per heavy atom. The van der Waals surface area contributed by atoms with E-state index in [1.165, 1.54) is 12.1 Å². The van der Waals surface area contributed by atoms with Gasteiger partial charge in [0.2, 0.25) is 0 Å². The molecule has 6 heteroatoms. The van der Waals surface area contributed by atoms with Crippen molar-refractivity contribution in [1.29, 1.82) is 0 Å². The predicted octanol–water partition coefficient (Wildman–Crippen LogP) is 3.89. The summed E-state index contributed by atoms with van der Waals surface area (Å²) in [7, 11) is 0. The average molecular weight is 323 g/mol. The minimum absolute atomic E-state index is 0.323. The molecule has 1 heterocycles. The minimum Gasteiger partial charge on any atom is -0.376 e. The van der Waals surface area contributed by atoms with Crippen molar-refractivity contribution in [1.82, 2.24) is 4.98 Å². The van der Waals surface area contributed by atoms with Crippen LogP contribution in [0.2, 0.25) is 0 Å². The number of rotatable bonds is 4. The molecule has 0 amide bonds. The molecule has 0 aliphatic carbocycles. The Kier molecular flexibility index (Phi) is 4.56. The second-order valence-corrected chi connectivity index (χ2v) is 5.39. The largest absolute Gasteiger partial charge is 0.421 e. The van der Waals surface area contributed by atoms with Crippen LogP contribution in [0.5, 0.6) is 0 Å². The van der Waals surface area contributed by atoms with E-state index in [-0.39, 0.29) is 5.56 Å². The Morgan fingerprint density at radius 3 is 2.39 bits per heavy atom. The first-order chi connectivity index (χ1) is 10.7. The molecule has 23 heavy (non-hydrogen) atoms. The van der Waals surface area contributed by atoms with Gasteiger partial charge in [-0.05, 0) is 31.0 Å². The number of pyridine rings is 1. The molecule has 1 atom stereocenters. The van der Waals surface area contributed by atoms with Crippen LogP contribution in [0.4, 0.5) is 13.2 Å². The van der Waals surface area contributed by atoms with Crippen molar-refractivity contribution in [3.8, 4) is 11.3 Å². The van der Waals surface area contributed by atoms with Crippen LogP contribution in [-0.4, -0.2) is 22.6 Å². The molecule has 2 rings (SSSR count). The van der Waals surface area contributed by atoms with Crippen LogP contribution in [-0.2, 0) is 12.0 Å². The number of aryl methyl sites for hydroxylation is 1. The maximum atomic E-state index is 12.8. The fourth-order valence-electron chi connectivity index (χ4n) is 2.23. The number of carbonyl (C=O) groups excluding carboxylic acids is 1. The normalized spacial score (nSPS) is 14.3. The predicted molar refractivity (Wildman–Crippen MR) is 80.1 cm³/mol. The molecule has 3 nitrogen and oxygen atoms in total. The third-order valence-electron chi connectivity index (χ3n) is 3.80. The van der Waals surface area contributed by atoms with Crippen molar-refractivity contribution in [3.05, 3.63) is 53.2 Å². The molecule has 0 spiro atoms. The van der Waals surface area contributed by atoms with Crippen LogP contribution in [0.3, 0.4) is 0 Å². The van der Waals surface area contributed by atoms with E-state index in [0.717, 1.165) is 23.6 Å². The Hall–Kier alpha value is -2.21. The quantitative estimate of drug-likeness (QED) is 0.868. The summed E-state index contributed by atoms with van der Waals surface area (Å²) in [6, 6.07) is 7.72. The van der Waals surface area contributed by atoms with Crippen molar-refractivity contribution in [2.45, 2.75) is 32.0 Å². The average Bonchev–Trinajstić information content (AvgIpc) is 2.53. The van der Waals surface area contributed by atoms with Gasteiger partial charge < -0.3 is 5.11 Å². The van der Waals surface area contributed by atoms with Gasteiger partial charge in [0, 0.05) is 22.9 Å². The highest BCUT2D eigenvalue weighted by molar-refractivity contribution is 5.78. The first-order valence-electron chi connectivity index (χ1n) is 7.04. The monoisotopic (exact) mass is 323 g/mol. The molecule has 0 saturated heterocycles. The van der Waals surface area contributed by atoms with Crippen molar-refractivity contribution in [2.24, 2.45) is 0 Å². The number of hydrogen-bond donors (Lipinski definition) is 1. The lowest BCUT2D eigenvalue weighted by atomic mass is 9.95. The van der Waals surface area contributed by atoms with Gasteiger partial charge in [-0.25, -0.2) is 0 Å². The summed E-state index contributed by atoms with van der Waals surface area (Å²) in [5.74, 6) is 0. The summed E-state index contributed by atoms with van der Waals surface area (Å²) in [6.45, 7) is 2.61. The second-order valence-electron chi connectivity index (χ2n) is 5.39. The standard InChI is InChI=1S/C17H16F3NO2/c1-3-12-8-11(10-22)4-6-14(12)15-7-5-13(9-21-15)16(2,23)17(18,19)20/h4-10,23H,3H2,1-2H3. The Balaban J connectivity index is 2.43. The maximum absolute atomic E-state index is 12.8. The Morgan fingerprint density at radius 2 is 1.91 bits per heavy atom. The van der Waals surface area contributed by atoms with Crippen molar-refractivity contribution >= 4 is 6.29 Å². The van der Waals surface area contributed by atoms with Crippen LogP contribution in [0, 0.1) is 0 Å². The van der Waals surface area contributed by atoms with Gasteiger partial charge in [0.15, 0.2) is 5.60 Å². The molecule has 0 radical (unpaired) electrons. The number of halogens is 3. The third kappa shape index (κ3) is 3.27. The zero-order chi connectivity index (χ0) is 17.3. The lowest BCUT2D eigenvalue weighted by Gasteiger charge is -2.26. The van der Waals surface area contributed by atoms with Crippen LogP contribution >= 0.6 is 0 Å². The van der Waals surface area contributed by atoms with E-state index < -0.39 is 11.8 Å². The lowest BCUT2D eigenvalue weighted by Crippen LogP contribution is -2.39. The fraction of sp³-hybridized carbons (Fsp3) is 0.294. The van der Waals surface area contributed by atoms with E-state index in [2.05, 4.69) is 4.98 Å². The number of aliphatic hydroxyl groups is 1. The maximum Gasteiger partial charge on any atom is 0.421 e. The van der Waals surface area contributed by atoms with Crippen LogP contribution < -0.4 is 0 Å². The number of hydrogen-bond acceptors (Lipinski definition) is 3. The highest BCUT2D eigenvalue weighted by Crippen LogP contribution is 2.38. The van der Waals surface area contributed by atoms with Gasteiger partial charge in [0.1, 0.15) is 6.29 Å². The second kappa shape index (κ2) is 6.12. The number of aromatic nitrogens is 1. The molecule has 0 fully saturated rings. The highest BCUT2D eigenvalue weighted by Gasteiger charge is 2.51. The van der Waals surface area contributed by atoms with Gasteiger partial charge in [-0.2, -0.15) is 13.2 Å². The van der Waals surface area contributed by atoms with Gasteiger partial charge >= 0.3 is 6.18 Å². The van der Waals surface area contributed by atoms with Gasteiger partial charge in [0.25, 0.3) is 0 Å². The van der Waals surface area contributed by atoms with Gasteiger partial charge in [-0.1, -0.05) is 25.1 Å². The first kappa shape index (κ1) is 17.1. The van der Waals surface area contributed by atoms with E-state index >= 15 is 0 Å². The summed E-state index contributed by atoms with van der Waals surface area (Å²) >= 11 is 0. The molecular formula is C17H16F3NO2. The molecule has 122 valence electrons. The molecular weight excluding hydrogens is 307 g/mol. The van der Waals surface area contributed by atoms with Crippen molar-refractivity contribution < 1.29 is 23.1 Å². The molecule has 0 saturated carbocycles. The smallest absolute Gasteiger partial charge is 0.376 e. The zero-order valence-electron chi connectivity index (χ0n) is 12.7. The Bertz CT molecular complexity index is 707. The van der Waals surface area contributed by atoms with Gasteiger partial charge in [-0.15, -0.1) is 0 Å². The minimum atomic E-state index is -4.78. The number of carbonyl (C=O) groups is 1. The lowest BCUT2D eigenvalue weighted by molar-refractivity contribution is -0.259. The van der Waals surface area contributed by atoms with Crippen LogP contribution in [0.1, 0.15) is 35.3 Å². The highest BCUT2D eigenvalue weighted by atomic mass is 19.4. The molecule has 0 bridgehead atoms. The fourth-order valence-corrected chi connectivity index (χ4v) is 2.23. The summed E-state index contributed by atoms with van der Waals surface area (Å²) in [6.07, 6.45) is -2.37. The SMILES string of the molecule is CCc1cc(C=O)ccc1-c1ccc(C(C)(O)C(F)(F)F)cn1. The molecule has 1 N–H and O–H groups in total. The summed E-state index contributed by atoms with van der Waals surface area (Å²) in [4.78, 5) is 14.9. The Labute approximate surface area is 131 Å².